The average molecular weight is 414 g/mol. The van der Waals surface area contributed by atoms with Crippen molar-refractivity contribution in [2.75, 3.05) is 0 Å². The van der Waals surface area contributed by atoms with E-state index in [2.05, 4.69) is 15.3 Å². The first kappa shape index (κ1) is 18.6. The molecule has 28 heavy (non-hydrogen) atoms. The number of benzene rings is 2. The summed E-state index contributed by atoms with van der Waals surface area (Å²) in [5.41, 5.74) is 0.691. The number of hydrogen-bond acceptors (Lipinski definition) is 6. The third kappa shape index (κ3) is 3.29. The van der Waals surface area contributed by atoms with E-state index in [4.69, 9.17) is 11.6 Å². The molecule has 0 N–H and O–H groups in total. The molecule has 2 aromatic heterocycles. The van der Waals surface area contributed by atoms with Gasteiger partial charge in [0.05, 0.1) is 22.2 Å². The van der Waals surface area contributed by atoms with Gasteiger partial charge in [-0.05, 0) is 44.2 Å². The second kappa shape index (κ2) is 7.37. The van der Waals surface area contributed by atoms with Gasteiger partial charge in [-0.3, -0.25) is 14.2 Å². The van der Waals surface area contributed by atoms with Gasteiger partial charge in [0, 0.05) is 11.1 Å². The predicted octanol–water partition coefficient (Wildman–Crippen LogP) is 3.49. The number of fused-ring (bicyclic) bond motifs is 2. The van der Waals surface area contributed by atoms with Crippen LogP contribution in [0.3, 0.4) is 0 Å². The smallest absolute Gasteiger partial charge is 0.278 e. The van der Waals surface area contributed by atoms with E-state index >= 15 is 0 Å². The number of halogens is 1. The van der Waals surface area contributed by atoms with Crippen molar-refractivity contribution < 1.29 is 0 Å². The van der Waals surface area contributed by atoms with Crippen LogP contribution in [0.4, 0.5) is 0 Å². The minimum atomic E-state index is -0.236. The van der Waals surface area contributed by atoms with Crippen LogP contribution in [0.5, 0.6) is 0 Å². The van der Waals surface area contributed by atoms with E-state index in [0.29, 0.717) is 32.0 Å². The molecule has 0 spiro atoms. The molecular formula is C19H16ClN5O2S. The molecule has 0 atom stereocenters. The zero-order valence-electron chi connectivity index (χ0n) is 15.2. The molecule has 0 saturated carbocycles. The summed E-state index contributed by atoms with van der Waals surface area (Å²) in [6.07, 6.45) is 0. The molecule has 0 radical (unpaired) electrons. The van der Waals surface area contributed by atoms with Gasteiger partial charge >= 0.3 is 0 Å². The molecule has 0 aliphatic rings. The molecule has 0 aliphatic carbocycles. The Morgan fingerprint density at radius 1 is 1.04 bits per heavy atom. The first-order valence-corrected chi connectivity index (χ1v) is 9.99. The highest BCUT2D eigenvalue weighted by Crippen LogP contribution is 2.23. The Morgan fingerprint density at radius 3 is 2.57 bits per heavy atom. The molecule has 0 bridgehead atoms. The van der Waals surface area contributed by atoms with Gasteiger partial charge < -0.3 is 0 Å². The summed E-state index contributed by atoms with van der Waals surface area (Å²) >= 11 is 7.31. The van der Waals surface area contributed by atoms with Crippen molar-refractivity contribution in [1.82, 2.24) is 24.5 Å². The first-order valence-electron chi connectivity index (χ1n) is 8.63. The average Bonchev–Trinajstić information content (AvgIpc) is 2.67. The van der Waals surface area contributed by atoms with Gasteiger partial charge in [-0.2, -0.15) is 4.68 Å². The Hall–Kier alpha value is -2.71. The standard InChI is InChI=1S/C19H16ClN5O2S/c1-11(2)25-18(27)14-8-7-12(20)9-16(14)21-19(25)28-10-24-17(26)13-5-3-4-6-15(13)22-23-24/h3-9,11H,10H2,1-2H3. The Bertz CT molecular complexity index is 1320. The van der Waals surface area contributed by atoms with Crippen LogP contribution in [0.15, 0.2) is 57.2 Å². The van der Waals surface area contributed by atoms with Gasteiger partial charge in [-0.25, -0.2) is 4.98 Å². The van der Waals surface area contributed by atoms with Crippen molar-refractivity contribution in [3.8, 4) is 0 Å². The third-order valence-corrected chi connectivity index (χ3v) is 5.45. The molecule has 2 aromatic carbocycles. The topological polar surface area (TPSA) is 82.7 Å². The van der Waals surface area contributed by atoms with Crippen LogP contribution in [-0.4, -0.2) is 24.5 Å². The third-order valence-electron chi connectivity index (χ3n) is 4.29. The van der Waals surface area contributed by atoms with Gasteiger partial charge in [-0.1, -0.05) is 40.7 Å². The van der Waals surface area contributed by atoms with Crippen LogP contribution in [0, 0.1) is 0 Å². The van der Waals surface area contributed by atoms with Crippen molar-refractivity contribution in [3.63, 3.8) is 0 Å². The van der Waals surface area contributed by atoms with Gasteiger partial charge in [-0.15, -0.1) is 5.10 Å². The highest BCUT2D eigenvalue weighted by molar-refractivity contribution is 7.98. The predicted molar refractivity (Wildman–Crippen MR) is 111 cm³/mol. The lowest BCUT2D eigenvalue weighted by Gasteiger charge is -2.16. The summed E-state index contributed by atoms with van der Waals surface area (Å²) in [5.74, 6) is 0.182. The molecule has 0 aliphatic heterocycles. The maximum Gasteiger partial charge on any atom is 0.278 e. The molecule has 0 unspecified atom stereocenters. The summed E-state index contributed by atoms with van der Waals surface area (Å²) in [6.45, 7) is 3.83. The zero-order chi connectivity index (χ0) is 19.8. The van der Waals surface area contributed by atoms with E-state index in [1.165, 1.54) is 16.4 Å². The number of aromatic nitrogens is 5. The second-order valence-corrected chi connectivity index (χ2v) is 7.86. The maximum atomic E-state index is 12.9. The molecule has 0 amide bonds. The Labute approximate surface area is 169 Å². The van der Waals surface area contributed by atoms with Crippen LogP contribution in [0.25, 0.3) is 21.8 Å². The van der Waals surface area contributed by atoms with Gasteiger partial charge in [0.15, 0.2) is 5.16 Å². The van der Waals surface area contributed by atoms with Crippen molar-refractivity contribution in [2.45, 2.75) is 30.9 Å². The molecule has 7 nitrogen and oxygen atoms in total. The first-order chi connectivity index (χ1) is 13.5. The Balaban J connectivity index is 1.77. The van der Waals surface area contributed by atoms with Crippen molar-refractivity contribution in [2.24, 2.45) is 0 Å². The van der Waals surface area contributed by atoms with E-state index in [9.17, 15) is 9.59 Å². The highest BCUT2D eigenvalue weighted by Gasteiger charge is 2.15. The number of rotatable bonds is 4. The van der Waals surface area contributed by atoms with E-state index in [0.717, 1.165) is 0 Å². The number of nitrogens with zero attached hydrogens (tertiary/aromatic N) is 5. The molecule has 0 saturated heterocycles. The van der Waals surface area contributed by atoms with Gasteiger partial charge in [0.1, 0.15) is 5.52 Å². The highest BCUT2D eigenvalue weighted by atomic mass is 35.5. The lowest BCUT2D eigenvalue weighted by molar-refractivity contribution is 0.517. The molecule has 4 aromatic rings. The largest absolute Gasteiger partial charge is 0.284 e. The monoisotopic (exact) mass is 413 g/mol. The van der Waals surface area contributed by atoms with Crippen molar-refractivity contribution in [3.05, 3.63) is 68.2 Å². The molecule has 142 valence electrons. The minimum absolute atomic E-state index is 0.0954. The van der Waals surface area contributed by atoms with E-state index in [1.807, 2.05) is 13.8 Å². The number of hydrogen-bond donors (Lipinski definition) is 0. The van der Waals surface area contributed by atoms with Crippen molar-refractivity contribution >= 4 is 45.2 Å². The quantitative estimate of drug-likeness (QED) is 0.376. The van der Waals surface area contributed by atoms with Crippen molar-refractivity contribution in [1.29, 1.82) is 0 Å². The second-order valence-electron chi connectivity index (χ2n) is 6.51. The van der Waals surface area contributed by atoms with E-state index in [1.54, 1.807) is 47.0 Å². The van der Waals surface area contributed by atoms with E-state index in [-0.39, 0.29) is 23.0 Å². The molecule has 0 fully saturated rings. The fraction of sp³-hybridized carbons (Fsp3) is 0.211. The van der Waals surface area contributed by atoms with Crippen LogP contribution in [-0.2, 0) is 5.88 Å². The molecule has 2 heterocycles. The maximum absolute atomic E-state index is 12.9. The van der Waals surface area contributed by atoms with Crippen LogP contribution >= 0.6 is 23.4 Å². The summed E-state index contributed by atoms with van der Waals surface area (Å²) in [6, 6.07) is 12.0. The molecular weight excluding hydrogens is 398 g/mol. The normalized spacial score (nSPS) is 11.6. The zero-order valence-corrected chi connectivity index (χ0v) is 16.7. The summed E-state index contributed by atoms with van der Waals surface area (Å²) in [4.78, 5) is 30.2. The minimum Gasteiger partial charge on any atom is -0.284 e. The fourth-order valence-corrected chi connectivity index (χ4v) is 4.10. The summed E-state index contributed by atoms with van der Waals surface area (Å²) in [5, 5.41) is 10.1. The lowest BCUT2D eigenvalue weighted by Crippen LogP contribution is -2.26. The van der Waals surface area contributed by atoms with Gasteiger partial charge in [0.2, 0.25) is 0 Å². The molecule has 9 heteroatoms. The van der Waals surface area contributed by atoms with Crippen LogP contribution in [0.1, 0.15) is 19.9 Å². The van der Waals surface area contributed by atoms with Crippen LogP contribution < -0.4 is 11.1 Å². The van der Waals surface area contributed by atoms with E-state index < -0.39 is 0 Å². The number of thioether (sulfide) groups is 1. The lowest BCUT2D eigenvalue weighted by atomic mass is 10.2. The van der Waals surface area contributed by atoms with Gasteiger partial charge in [0.25, 0.3) is 11.1 Å². The Morgan fingerprint density at radius 2 is 1.79 bits per heavy atom. The van der Waals surface area contributed by atoms with Crippen LogP contribution in [0.2, 0.25) is 5.02 Å². The summed E-state index contributed by atoms with van der Waals surface area (Å²) < 4.78 is 2.88. The molecule has 4 rings (SSSR count). The Kier molecular flexibility index (Phi) is 4.91. The summed E-state index contributed by atoms with van der Waals surface area (Å²) in [7, 11) is 0. The SMILES string of the molecule is CC(C)n1c(SCn2nnc3ccccc3c2=O)nc2cc(Cl)ccc2c1=O. The fourth-order valence-electron chi connectivity index (χ4n) is 2.94.